The molecule has 7 nitrogen and oxygen atoms in total. The van der Waals surface area contributed by atoms with Crippen molar-refractivity contribution in [3.8, 4) is 40.3 Å². The number of imidazole rings is 1. The van der Waals surface area contributed by atoms with Crippen molar-refractivity contribution < 1.29 is 25.8 Å². The summed E-state index contributed by atoms with van der Waals surface area (Å²) in [5, 5.41) is 11.7. The molecule has 0 aliphatic rings. The van der Waals surface area contributed by atoms with Gasteiger partial charge in [0.2, 0.25) is 0 Å². The Hall–Kier alpha value is -5.49. The number of rotatable bonds is 6. The molecule has 0 amide bonds. The van der Waals surface area contributed by atoms with Crippen molar-refractivity contribution in [2.24, 2.45) is 0 Å². The van der Waals surface area contributed by atoms with E-state index < -0.39 is 0 Å². The smallest absolute Gasteiger partial charge is 0.504 e. The van der Waals surface area contributed by atoms with Crippen LogP contribution in [0, 0.1) is 43.9 Å². The summed E-state index contributed by atoms with van der Waals surface area (Å²) in [6, 6.07) is 32.3. The Morgan fingerprint density at radius 1 is 0.936 bits per heavy atom. The summed E-state index contributed by atoms with van der Waals surface area (Å²) in [7, 11) is 0. The van der Waals surface area contributed by atoms with Crippen molar-refractivity contribution in [2.75, 3.05) is 0 Å². The van der Waals surface area contributed by atoms with E-state index >= 15 is 0 Å². The maximum atomic E-state index is 9.96. The SMILES string of the molecule is [C-]#[N+]c1cc(Oc2[c-]c3c(cc2)c2c(C#N)cccc2n3-c2cc(C(C)C)ccn2)[c-]c(-c2cn(-c3c(C)cccc3C)cn2)c1.[Pt+2]. The molecule has 7 rings (SSSR count). The van der Waals surface area contributed by atoms with Crippen LogP contribution in [-0.2, 0) is 21.1 Å². The van der Waals surface area contributed by atoms with E-state index in [2.05, 4.69) is 73.9 Å². The second-order valence-corrected chi connectivity index (χ2v) is 11.6. The molecule has 0 aliphatic carbocycles. The second-order valence-electron chi connectivity index (χ2n) is 11.6. The molecule has 47 heavy (non-hydrogen) atoms. The number of hydrogen-bond acceptors (Lipinski definition) is 4. The fourth-order valence-corrected chi connectivity index (χ4v) is 5.98. The van der Waals surface area contributed by atoms with Crippen LogP contribution >= 0.6 is 0 Å². The van der Waals surface area contributed by atoms with Crippen LogP contribution in [0.5, 0.6) is 11.5 Å². The Balaban J connectivity index is 0.00000386. The van der Waals surface area contributed by atoms with E-state index in [1.807, 2.05) is 64.0 Å². The molecule has 0 unspecified atom stereocenters. The number of aromatic nitrogens is 4. The monoisotopic (exact) mass is 791 g/mol. The van der Waals surface area contributed by atoms with Crippen molar-refractivity contribution in [1.29, 1.82) is 5.26 Å². The van der Waals surface area contributed by atoms with Crippen molar-refractivity contribution in [3.05, 3.63) is 137 Å². The number of benzene rings is 4. The topological polar surface area (TPSA) is 73.0 Å². The van der Waals surface area contributed by atoms with Gasteiger partial charge in [-0.05, 0) is 72.3 Å². The van der Waals surface area contributed by atoms with Crippen LogP contribution in [0.15, 0.2) is 91.5 Å². The minimum atomic E-state index is 0. The summed E-state index contributed by atoms with van der Waals surface area (Å²) in [5.74, 6) is 1.87. The van der Waals surface area contributed by atoms with E-state index in [0.717, 1.165) is 50.0 Å². The largest absolute Gasteiger partial charge is 2.00 e. The van der Waals surface area contributed by atoms with Crippen LogP contribution in [0.25, 0.3) is 49.4 Å². The standard InChI is InChI=1S/C39H28N6O.Pt/c1-24(2)27-14-15-42-37(18-27)45-35-11-7-10-28(21-40)38(35)33-13-12-31(20-36(33)45)46-32-17-29(16-30(19-32)41-5)34-22-44(23-43-34)39-25(3)8-6-9-26(39)4;/h6-16,18-19,22-24H,1-4H3;/q-2;+2. The molecule has 8 heteroatoms. The minimum absolute atomic E-state index is 0. The van der Waals surface area contributed by atoms with Crippen LogP contribution in [0.4, 0.5) is 5.69 Å². The summed E-state index contributed by atoms with van der Waals surface area (Å²) < 4.78 is 10.4. The maximum absolute atomic E-state index is 9.96. The van der Waals surface area contributed by atoms with Gasteiger partial charge in [-0.15, -0.1) is 29.1 Å². The number of hydrogen-bond donors (Lipinski definition) is 0. The first-order valence-electron chi connectivity index (χ1n) is 14.9. The molecule has 7 aromatic rings. The third-order valence-electron chi connectivity index (χ3n) is 8.19. The van der Waals surface area contributed by atoms with Crippen molar-refractivity contribution in [3.63, 3.8) is 0 Å². The number of fused-ring (bicyclic) bond motifs is 3. The molecule has 0 atom stereocenters. The second kappa shape index (κ2) is 12.7. The van der Waals surface area contributed by atoms with Crippen molar-refractivity contribution in [1.82, 2.24) is 19.1 Å². The van der Waals surface area contributed by atoms with Gasteiger partial charge in [0, 0.05) is 34.5 Å². The van der Waals surface area contributed by atoms with Gasteiger partial charge in [-0.2, -0.15) is 11.3 Å². The number of aryl methyl sites for hydroxylation is 2. The number of para-hydroxylation sites is 1. The van der Waals surface area contributed by atoms with E-state index in [0.29, 0.717) is 39.9 Å². The molecule has 3 aromatic heterocycles. The molecule has 0 spiro atoms. The molecule has 230 valence electrons. The van der Waals surface area contributed by atoms with Gasteiger partial charge >= 0.3 is 21.1 Å². The summed E-state index contributed by atoms with van der Waals surface area (Å²) in [6.07, 6.45) is 5.53. The first-order valence-corrected chi connectivity index (χ1v) is 14.9. The molecular weight excluding hydrogens is 764 g/mol. The van der Waals surface area contributed by atoms with Gasteiger partial charge in [0.1, 0.15) is 11.5 Å². The normalized spacial score (nSPS) is 11.0. The quantitative estimate of drug-likeness (QED) is 0.157. The molecule has 0 aliphatic heterocycles. The zero-order valence-corrected chi connectivity index (χ0v) is 28.4. The Bertz CT molecular complexity index is 2370. The molecular formula is C39H28N6OPt. The first kappa shape index (κ1) is 31.5. The van der Waals surface area contributed by atoms with Crippen molar-refractivity contribution >= 4 is 27.5 Å². The van der Waals surface area contributed by atoms with Gasteiger partial charge < -0.3 is 13.9 Å². The molecule has 0 radical (unpaired) electrons. The number of pyridine rings is 1. The Kier molecular flexibility index (Phi) is 8.52. The fraction of sp³-hybridized carbons (Fsp3) is 0.128. The molecule has 4 aromatic carbocycles. The van der Waals surface area contributed by atoms with E-state index in [4.69, 9.17) is 16.3 Å². The van der Waals surface area contributed by atoms with Gasteiger partial charge in [-0.1, -0.05) is 55.8 Å². The van der Waals surface area contributed by atoms with Crippen LogP contribution in [0.3, 0.4) is 0 Å². The van der Waals surface area contributed by atoms with Crippen LogP contribution in [0.1, 0.15) is 42.0 Å². The predicted molar refractivity (Wildman–Crippen MR) is 180 cm³/mol. The van der Waals surface area contributed by atoms with Crippen LogP contribution < -0.4 is 4.74 Å². The zero-order valence-electron chi connectivity index (χ0n) is 26.1. The summed E-state index contributed by atoms with van der Waals surface area (Å²) in [4.78, 5) is 13.0. The van der Waals surface area contributed by atoms with Crippen LogP contribution in [-0.4, -0.2) is 19.1 Å². The summed E-state index contributed by atoms with van der Waals surface area (Å²) >= 11 is 0. The Morgan fingerprint density at radius 2 is 1.72 bits per heavy atom. The summed E-state index contributed by atoms with van der Waals surface area (Å²) in [6.45, 7) is 16.2. The molecule has 0 bridgehead atoms. The number of nitriles is 1. The fourth-order valence-electron chi connectivity index (χ4n) is 5.98. The molecule has 0 saturated heterocycles. The van der Waals surface area contributed by atoms with Crippen LogP contribution in [0.2, 0.25) is 0 Å². The number of nitrogens with zero attached hydrogens (tertiary/aromatic N) is 6. The first-order chi connectivity index (χ1) is 22.3. The third-order valence-corrected chi connectivity index (χ3v) is 8.19. The van der Waals surface area contributed by atoms with Gasteiger partial charge in [0.15, 0.2) is 0 Å². The van der Waals surface area contributed by atoms with E-state index in [1.165, 1.54) is 0 Å². The third kappa shape index (κ3) is 5.72. The predicted octanol–water partition coefficient (Wildman–Crippen LogP) is 9.58. The average molecular weight is 792 g/mol. The van der Waals surface area contributed by atoms with E-state index in [9.17, 15) is 5.26 Å². The summed E-state index contributed by atoms with van der Waals surface area (Å²) in [5.41, 5.74) is 8.42. The van der Waals surface area contributed by atoms with Gasteiger partial charge in [-0.25, -0.2) is 4.98 Å². The minimum Gasteiger partial charge on any atom is -0.504 e. The zero-order chi connectivity index (χ0) is 31.9. The molecule has 0 fully saturated rings. The molecule has 0 saturated carbocycles. The Labute approximate surface area is 287 Å². The maximum Gasteiger partial charge on any atom is 2.00 e. The van der Waals surface area contributed by atoms with E-state index in [-0.39, 0.29) is 21.1 Å². The molecule has 0 N–H and O–H groups in total. The van der Waals surface area contributed by atoms with Gasteiger partial charge in [0.05, 0.1) is 24.7 Å². The number of ether oxygens (including phenoxy) is 1. The van der Waals surface area contributed by atoms with Gasteiger partial charge in [-0.3, -0.25) is 9.83 Å². The van der Waals surface area contributed by atoms with E-state index in [1.54, 1.807) is 18.5 Å². The van der Waals surface area contributed by atoms with Gasteiger partial charge in [0.25, 0.3) is 0 Å². The van der Waals surface area contributed by atoms with Crippen molar-refractivity contribution in [2.45, 2.75) is 33.6 Å². The average Bonchev–Trinajstić information content (AvgIpc) is 3.67. The Morgan fingerprint density at radius 3 is 2.47 bits per heavy atom. The molecule has 3 heterocycles.